The van der Waals surface area contributed by atoms with Crippen molar-refractivity contribution in [2.75, 3.05) is 11.9 Å². The van der Waals surface area contributed by atoms with Gasteiger partial charge in [-0.3, -0.25) is 9.59 Å². The van der Waals surface area contributed by atoms with Crippen LogP contribution in [-0.4, -0.2) is 39.5 Å². The maximum atomic E-state index is 11.5. The normalized spacial score (nSPS) is 17.2. The van der Waals surface area contributed by atoms with E-state index in [1.807, 2.05) is 0 Å². The van der Waals surface area contributed by atoms with E-state index < -0.39 is 17.4 Å². The first-order valence-corrected chi connectivity index (χ1v) is 7.03. The molecular weight excluding hydrogens is 272 g/mol. The van der Waals surface area contributed by atoms with Crippen LogP contribution in [0.2, 0.25) is 0 Å². The van der Waals surface area contributed by atoms with Crippen molar-refractivity contribution in [2.45, 2.75) is 44.1 Å². The van der Waals surface area contributed by atoms with Crippen molar-refractivity contribution >= 4 is 17.7 Å². The molecule has 1 amide bonds. The van der Waals surface area contributed by atoms with E-state index in [0.29, 0.717) is 5.82 Å². The summed E-state index contributed by atoms with van der Waals surface area (Å²) < 4.78 is 0. The summed E-state index contributed by atoms with van der Waals surface area (Å²) in [6, 6.07) is 0. The zero-order valence-corrected chi connectivity index (χ0v) is 12.1. The number of nitrogens with two attached hydrogens (primary N) is 1. The number of nitrogens with zero attached hydrogens (tertiary/aromatic N) is 3. The molecule has 3 N–H and O–H groups in total. The van der Waals surface area contributed by atoms with Crippen molar-refractivity contribution in [3.63, 3.8) is 0 Å². The molecule has 0 aliphatic heterocycles. The maximum Gasteiger partial charge on any atom is 0.305 e. The summed E-state index contributed by atoms with van der Waals surface area (Å²) in [6.45, 7) is 0. The van der Waals surface area contributed by atoms with E-state index in [2.05, 4.69) is 9.97 Å². The molecule has 1 aliphatic carbocycles. The second kappa shape index (κ2) is 6.07. The Morgan fingerprint density at radius 2 is 1.90 bits per heavy atom. The SMILES string of the molecule is CN(c1nccnc1C(N)=O)C1(CC(=O)O)CCCCC1. The molecule has 0 atom stereocenters. The van der Waals surface area contributed by atoms with Crippen LogP contribution < -0.4 is 10.6 Å². The highest BCUT2D eigenvalue weighted by Gasteiger charge is 2.40. The molecule has 21 heavy (non-hydrogen) atoms. The molecule has 1 aliphatic rings. The lowest BCUT2D eigenvalue weighted by atomic mass is 9.78. The number of carboxylic acids is 1. The van der Waals surface area contributed by atoms with Gasteiger partial charge in [-0.05, 0) is 12.8 Å². The third kappa shape index (κ3) is 3.12. The zero-order valence-electron chi connectivity index (χ0n) is 12.1. The maximum absolute atomic E-state index is 11.5. The minimum atomic E-state index is -0.853. The van der Waals surface area contributed by atoms with E-state index in [9.17, 15) is 14.7 Å². The number of primary amides is 1. The summed E-state index contributed by atoms with van der Waals surface area (Å²) in [5, 5.41) is 9.25. The van der Waals surface area contributed by atoms with Crippen LogP contribution in [0.1, 0.15) is 49.0 Å². The first kappa shape index (κ1) is 15.2. The van der Waals surface area contributed by atoms with Crippen molar-refractivity contribution < 1.29 is 14.7 Å². The molecule has 2 rings (SSSR count). The standard InChI is InChI=1S/C14H20N4O3/c1-18(13-11(12(15)21)16-7-8-17-13)14(9-10(19)20)5-3-2-4-6-14/h7-8H,2-6,9H2,1H3,(H2,15,21)(H,19,20). The van der Waals surface area contributed by atoms with Crippen molar-refractivity contribution in [3.05, 3.63) is 18.1 Å². The van der Waals surface area contributed by atoms with E-state index in [1.165, 1.54) is 12.4 Å². The van der Waals surface area contributed by atoms with Gasteiger partial charge in [0.05, 0.1) is 12.0 Å². The largest absolute Gasteiger partial charge is 0.481 e. The molecule has 1 aromatic heterocycles. The molecule has 7 heteroatoms. The Hall–Kier alpha value is -2.18. The molecule has 1 aromatic rings. The lowest BCUT2D eigenvalue weighted by molar-refractivity contribution is -0.138. The Kier molecular flexibility index (Phi) is 4.40. The van der Waals surface area contributed by atoms with Gasteiger partial charge in [0.25, 0.3) is 5.91 Å². The van der Waals surface area contributed by atoms with Crippen molar-refractivity contribution in [1.82, 2.24) is 9.97 Å². The van der Waals surface area contributed by atoms with Gasteiger partial charge >= 0.3 is 5.97 Å². The number of hydrogen-bond acceptors (Lipinski definition) is 5. The first-order chi connectivity index (χ1) is 9.96. The quantitative estimate of drug-likeness (QED) is 0.843. The van der Waals surface area contributed by atoms with Crippen LogP contribution in [0.3, 0.4) is 0 Å². The van der Waals surface area contributed by atoms with Crippen LogP contribution in [-0.2, 0) is 4.79 Å². The van der Waals surface area contributed by atoms with Crippen LogP contribution in [0.15, 0.2) is 12.4 Å². The molecule has 0 radical (unpaired) electrons. The average molecular weight is 292 g/mol. The highest BCUT2D eigenvalue weighted by molar-refractivity contribution is 5.95. The van der Waals surface area contributed by atoms with Gasteiger partial charge in [-0.2, -0.15) is 0 Å². The molecule has 7 nitrogen and oxygen atoms in total. The molecule has 114 valence electrons. The summed E-state index contributed by atoms with van der Waals surface area (Å²) in [5.74, 6) is -1.16. The molecule has 0 unspecified atom stereocenters. The van der Waals surface area contributed by atoms with Crippen LogP contribution >= 0.6 is 0 Å². The Morgan fingerprint density at radius 1 is 1.29 bits per heavy atom. The Bertz CT molecular complexity index is 541. The Morgan fingerprint density at radius 3 is 2.48 bits per heavy atom. The average Bonchev–Trinajstić information content (AvgIpc) is 2.46. The fourth-order valence-corrected chi connectivity index (χ4v) is 3.10. The van der Waals surface area contributed by atoms with Gasteiger partial charge in [0.1, 0.15) is 0 Å². The second-order valence-corrected chi connectivity index (χ2v) is 5.51. The fourth-order valence-electron chi connectivity index (χ4n) is 3.10. The number of carbonyl (C=O) groups excluding carboxylic acids is 1. The van der Waals surface area contributed by atoms with E-state index in [4.69, 9.17) is 5.73 Å². The van der Waals surface area contributed by atoms with Gasteiger partial charge in [-0.15, -0.1) is 0 Å². The Balaban J connectivity index is 2.40. The Labute approximate surface area is 123 Å². The van der Waals surface area contributed by atoms with Gasteiger partial charge in [0.2, 0.25) is 0 Å². The van der Waals surface area contributed by atoms with Crippen molar-refractivity contribution in [2.24, 2.45) is 5.73 Å². The lowest BCUT2D eigenvalue weighted by Crippen LogP contribution is -2.50. The van der Waals surface area contributed by atoms with Gasteiger partial charge in [-0.1, -0.05) is 19.3 Å². The third-order valence-electron chi connectivity index (χ3n) is 4.21. The summed E-state index contributed by atoms with van der Waals surface area (Å²) in [6.07, 6.45) is 7.43. The summed E-state index contributed by atoms with van der Waals surface area (Å²) in [7, 11) is 1.77. The molecule has 0 bridgehead atoms. The molecule has 1 heterocycles. The second-order valence-electron chi connectivity index (χ2n) is 5.51. The molecule has 1 saturated carbocycles. The molecule has 0 aromatic carbocycles. The van der Waals surface area contributed by atoms with Crippen molar-refractivity contribution in [1.29, 1.82) is 0 Å². The minimum absolute atomic E-state index is 0.0122. The monoisotopic (exact) mass is 292 g/mol. The number of aliphatic carboxylic acids is 1. The number of hydrogen-bond donors (Lipinski definition) is 2. The lowest BCUT2D eigenvalue weighted by Gasteiger charge is -2.44. The number of aromatic nitrogens is 2. The van der Waals surface area contributed by atoms with E-state index in [-0.39, 0.29) is 12.1 Å². The van der Waals surface area contributed by atoms with Crippen LogP contribution in [0.25, 0.3) is 0 Å². The van der Waals surface area contributed by atoms with Gasteiger partial charge in [0.15, 0.2) is 11.5 Å². The van der Waals surface area contributed by atoms with Crippen LogP contribution in [0, 0.1) is 0 Å². The topological polar surface area (TPSA) is 109 Å². The first-order valence-electron chi connectivity index (χ1n) is 7.03. The predicted molar refractivity (Wildman–Crippen MR) is 77.0 cm³/mol. The van der Waals surface area contributed by atoms with Crippen molar-refractivity contribution in [3.8, 4) is 0 Å². The molecule has 0 saturated heterocycles. The van der Waals surface area contributed by atoms with Crippen LogP contribution in [0.4, 0.5) is 5.82 Å². The van der Waals surface area contributed by atoms with E-state index in [1.54, 1.807) is 11.9 Å². The number of rotatable bonds is 5. The van der Waals surface area contributed by atoms with Gasteiger partial charge in [-0.25, -0.2) is 9.97 Å². The van der Waals surface area contributed by atoms with E-state index >= 15 is 0 Å². The molecular formula is C14H20N4O3. The van der Waals surface area contributed by atoms with E-state index in [0.717, 1.165) is 32.1 Å². The minimum Gasteiger partial charge on any atom is -0.481 e. The fraction of sp³-hybridized carbons (Fsp3) is 0.571. The summed E-state index contributed by atoms with van der Waals surface area (Å²) in [4.78, 5) is 32.7. The van der Waals surface area contributed by atoms with Gasteiger partial charge in [0, 0.05) is 19.4 Å². The predicted octanol–water partition coefficient (Wildman–Crippen LogP) is 1.19. The number of carboxylic acid groups (broad SMARTS) is 1. The number of anilines is 1. The molecule has 1 fully saturated rings. The highest BCUT2D eigenvalue weighted by atomic mass is 16.4. The zero-order chi connectivity index (χ0) is 15.5. The number of carbonyl (C=O) groups is 2. The molecule has 0 spiro atoms. The van der Waals surface area contributed by atoms with Gasteiger partial charge < -0.3 is 15.7 Å². The summed E-state index contributed by atoms with van der Waals surface area (Å²) in [5.41, 5.74) is 4.88. The number of amides is 1. The van der Waals surface area contributed by atoms with Crippen LogP contribution in [0.5, 0.6) is 0 Å². The summed E-state index contributed by atoms with van der Waals surface area (Å²) >= 11 is 0. The smallest absolute Gasteiger partial charge is 0.305 e. The highest BCUT2D eigenvalue weighted by Crippen LogP contribution is 2.38. The third-order valence-corrected chi connectivity index (χ3v) is 4.21.